The van der Waals surface area contributed by atoms with Crippen LogP contribution < -0.4 is 0 Å². The van der Waals surface area contributed by atoms with Gasteiger partial charge in [-0.1, -0.05) is 24.9 Å². The normalized spacial score (nSPS) is 11.3. The first-order valence-electron chi connectivity index (χ1n) is 8.08. The Morgan fingerprint density at radius 3 is 2.72 bits per heavy atom. The van der Waals surface area contributed by atoms with Crippen molar-refractivity contribution in [1.29, 1.82) is 0 Å². The van der Waals surface area contributed by atoms with Crippen molar-refractivity contribution in [2.75, 3.05) is 0 Å². The molecule has 0 radical (unpaired) electrons. The van der Waals surface area contributed by atoms with Crippen molar-refractivity contribution in [2.45, 2.75) is 26.3 Å². The Morgan fingerprint density at radius 2 is 1.92 bits per heavy atom. The highest BCUT2D eigenvalue weighted by atomic mass is 35.5. The number of hydrogen-bond donors (Lipinski definition) is 0. The molecule has 25 heavy (non-hydrogen) atoms. The predicted molar refractivity (Wildman–Crippen MR) is 94.3 cm³/mol. The van der Waals surface area contributed by atoms with Crippen LogP contribution in [0.1, 0.15) is 24.7 Å². The molecule has 0 amide bonds. The lowest BCUT2D eigenvalue weighted by atomic mass is 10.2. The van der Waals surface area contributed by atoms with Crippen molar-refractivity contribution < 1.29 is 0 Å². The Labute approximate surface area is 149 Å². The SMILES string of the molecule is CCCc1c(Cn2ccnc2-c2ncccn2)nc2ccc(Cl)nn12. The van der Waals surface area contributed by atoms with Gasteiger partial charge in [0.2, 0.25) is 0 Å². The van der Waals surface area contributed by atoms with Crippen LogP contribution in [0.3, 0.4) is 0 Å². The molecule has 0 aromatic carbocycles. The molecule has 0 saturated carbocycles. The van der Waals surface area contributed by atoms with E-state index in [2.05, 4.69) is 27.0 Å². The Kier molecular flexibility index (Phi) is 4.15. The number of halogens is 1. The van der Waals surface area contributed by atoms with E-state index in [0.717, 1.165) is 29.9 Å². The van der Waals surface area contributed by atoms with Gasteiger partial charge in [0, 0.05) is 24.8 Å². The molecule has 0 aliphatic heterocycles. The summed E-state index contributed by atoms with van der Waals surface area (Å²) in [6, 6.07) is 5.42. The standard InChI is InChI=1S/C17H16ClN7/c1-2-4-13-12(22-15-6-5-14(18)23-25(13)15)11-24-10-9-21-17(24)16-19-7-3-8-20-16/h3,5-10H,2,4,11H2,1H3. The van der Waals surface area contributed by atoms with Gasteiger partial charge in [-0.2, -0.15) is 5.10 Å². The molecule has 0 unspecified atom stereocenters. The molecule has 7 nitrogen and oxygen atoms in total. The van der Waals surface area contributed by atoms with Gasteiger partial charge in [-0.15, -0.1) is 0 Å². The molecular weight excluding hydrogens is 338 g/mol. The Balaban J connectivity index is 1.77. The van der Waals surface area contributed by atoms with Gasteiger partial charge in [0.15, 0.2) is 17.3 Å². The molecule has 4 aromatic rings. The fourth-order valence-electron chi connectivity index (χ4n) is 2.83. The summed E-state index contributed by atoms with van der Waals surface area (Å²) in [7, 11) is 0. The topological polar surface area (TPSA) is 73.8 Å². The van der Waals surface area contributed by atoms with Crippen LogP contribution in [0.2, 0.25) is 5.15 Å². The molecule has 0 aliphatic rings. The first-order chi connectivity index (χ1) is 12.3. The summed E-state index contributed by atoms with van der Waals surface area (Å²) in [5, 5.41) is 4.85. The molecule has 8 heteroatoms. The van der Waals surface area contributed by atoms with Crippen molar-refractivity contribution in [3.05, 3.63) is 59.5 Å². The van der Waals surface area contributed by atoms with Gasteiger partial charge >= 0.3 is 0 Å². The zero-order valence-electron chi connectivity index (χ0n) is 13.7. The lowest BCUT2D eigenvalue weighted by Crippen LogP contribution is -2.07. The molecule has 0 saturated heterocycles. The lowest BCUT2D eigenvalue weighted by Gasteiger charge is -2.07. The summed E-state index contributed by atoms with van der Waals surface area (Å²) in [4.78, 5) is 17.7. The highest BCUT2D eigenvalue weighted by molar-refractivity contribution is 6.29. The van der Waals surface area contributed by atoms with Crippen molar-refractivity contribution in [3.8, 4) is 11.6 Å². The van der Waals surface area contributed by atoms with E-state index in [1.165, 1.54) is 0 Å². The average Bonchev–Trinajstić information content (AvgIpc) is 3.22. The zero-order valence-corrected chi connectivity index (χ0v) is 14.4. The highest BCUT2D eigenvalue weighted by Crippen LogP contribution is 2.19. The minimum atomic E-state index is 0.454. The predicted octanol–water partition coefficient (Wildman–Crippen LogP) is 3.04. The number of hydrogen-bond acceptors (Lipinski definition) is 5. The van der Waals surface area contributed by atoms with E-state index >= 15 is 0 Å². The van der Waals surface area contributed by atoms with E-state index in [1.807, 2.05) is 21.3 Å². The van der Waals surface area contributed by atoms with Crippen LogP contribution in [-0.2, 0) is 13.0 Å². The van der Waals surface area contributed by atoms with Gasteiger partial charge in [-0.25, -0.2) is 24.5 Å². The third kappa shape index (κ3) is 2.98. The number of nitrogens with zero attached hydrogens (tertiary/aromatic N) is 7. The van der Waals surface area contributed by atoms with Gasteiger partial charge in [-0.05, 0) is 24.6 Å². The van der Waals surface area contributed by atoms with Crippen LogP contribution in [0, 0.1) is 0 Å². The number of fused-ring (bicyclic) bond motifs is 1. The Hall–Kier alpha value is -2.80. The zero-order chi connectivity index (χ0) is 17.2. The summed E-state index contributed by atoms with van der Waals surface area (Å²) in [5.41, 5.74) is 2.81. The third-order valence-electron chi connectivity index (χ3n) is 3.91. The van der Waals surface area contributed by atoms with E-state index in [-0.39, 0.29) is 0 Å². The second-order valence-corrected chi connectivity index (χ2v) is 6.02. The molecule has 4 heterocycles. The van der Waals surface area contributed by atoms with Crippen LogP contribution >= 0.6 is 11.6 Å². The molecule has 4 rings (SSSR count). The van der Waals surface area contributed by atoms with Crippen LogP contribution in [0.5, 0.6) is 0 Å². The summed E-state index contributed by atoms with van der Waals surface area (Å²) in [5.74, 6) is 1.31. The number of imidazole rings is 2. The summed E-state index contributed by atoms with van der Waals surface area (Å²) >= 11 is 6.06. The molecule has 4 aromatic heterocycles. The molecule has 0 aliphatic carbocycles. The monoisotopic (exact) mass is 353 g/mol. The molecular formula is C17H16ClN7. The van der Waals surface area contributed by atoms with Gasteiger partial charge in [0.1, 0.15) is 5.15 Å². The second kappa shape index (κ2) is 6.60. The molecule has 126 valence electrons. The largest absolute Gasteiger partial charge is 0.322 e. The summed E-state index contributed by atoms with van der Waals surface area (Å²) < 4.78 is 3.83. The molecule has 0 bridgehead atoms. The smallest absolute Gasteiger partial charge is 0.195 e. The van der Waals surface area contributed by atoms with Crippen molar-refractivity contribution >= 4 is 17.2 Å². The fourth-order valence-corrected chi connectivity index (χ4v) is 2.97. The van der Waals surface area contributed by atoms with E-state index in [9.17, 15) is 0 Å². The fraction of sp³-hybridized carbons (Fsp3) is 0.235. The van der Waals surface area contributed by atoms with Crippen LogP contribution in [0.15, 0.2) is 43.0 Å². The third-order valence-corrected chi connectivity index (χ3v) is 4.11. The van der Waals surface area contributed by atoms with E-state index in [4.69, 9.17) is 16.6 Å². The quantitative estimate of drug-likeness (QED) is 0.551. The minimum absolute atomic E-state index is 0.454. The molecule has 0 fully saturated rings. The molecule has 0 N–H and O–H groups in total. The Morgan fingerprint density at radius 1 is 1.08 bits per heavy atom. The van der Waals surface area contributed by atoms with Crippen LogP contribution in [0.4, 0.5) is 0 Å². The first kappa shape index (κ1) is 15.7. The number of rotatable bonds is 5. The maximum atomic E-state index is 6.06. The van der Waals surface area contributed by atoms with Crippen molar-refractivity contribution in [1.82, 2.24) is 34.1 Å². The highest BCUT2D eigenvalue weighted by Gasteiger charge is 2.16. The average molecular weight is 354 g/mol. The van der Waals surface area contributed by atoms with Crippen LogP contribution in [0.25, 0.3) is 17.3 Å². The maximum Gasteiger partial charge on any atom is 0.195 e. The summed E-state index contributed by atoms with van der Waals surface area (Å²) in [6.45, 7) is 2.71. The maximum absolute atomic E-state index is 6.06. The van der Waals surface area contributed by atoms with E-state index in [1.54, 1.807) is 30.7 Å². The van der Waals surface area contributed by atoms with Crippen LogP contribution in [-0.4, -0.2) is 34.1 Å². The lowest BCUT2D eigenvalue weighted by molar-refractivity contribution is 0.741. The van der Waals surface area contributed by atoms with E-state index < -0.39 is 0 Å². The number of aryl methyl sites for hydroxylation is 1. The first-order valence-corrected chi connectivity index (χ1v) is 8.45. The van der Waals surface area contributed by atoms with Gasteiger partial charge in [-0.3, -0.25) is 0 Å². The van der Waals surface area contributed by atoms with Gasteiger partial charge in [0.05, 0.1) is 17.9 Å². The van der Waals surface area contributed by atoms with Gasteiger partial charge in [0.25, 0.3) is 0 Å². The molecule has 0 atom stereocenters. The van der Waals surface area contributed by atoms with Crippen molar-refractivity contribution in [2.24, 2.45) is 0 Å². The summed E-state index contributed by atoms with van der Waals surface area (Å²) in [6.07, 6.45) is 8.94. The number of aromatic nitrogens is 7. The van der Waals surface area contributed by atoms with Gasteiger partial charge < -0.3 is 4.57 Å². The Bertz CT molecular complexity index is 1010. The van der Waals surface area contributed by atoms with Crippen molar-refractivity contribution in [3.63, 3.8) is 0 Å². The van der Waals surface area contributed by atoms with E-state index in [0.29, 0.717) is 23.3 Å². The second-order valence-electron chi connectivity index (χ2n) is 5.63. The minimum Gasteiger partial charge on any atom is -0.322 e. The molecule has 0 spiro atoms.